The van der Waals surface area contributed by atoms with E-state index < -0.39 is 25.9 Å². The van der Waals surface area contributed by atoms with E-state index in [0.29, 0.717) is 50.3 Å². The maximum atomic E-state index is 15.4. The monoisotopic (exact) mass is 874 g/mol. The summed E-state index contributed by atoms with van der Waals surface area (Å²) in [6.07, 6.45) is 2.80. The quantitative estimate of drug-likeness (QED) is 0.0927. The van der Waals surface area contributed by atoms with Crippen LogP contribution in [0.15, 0.2) is 138 Å². The Morgan fingerprint density at radius 1 is 0.576 bits per heavy atom. The first-order valence-corrected chi connectivity index (χ1v) is 21.6. The van der Waals surface area contributed by atoms with E-state index in [2.05, 4.69) is 9.44 Å². The van der Waals surface area contributed by atoms with E-state index in [1.807, 2.05) is 24.3 Å². The van der Waals surface area contributed by atoms with Crippen LogP contribution in [0.2, 0.25) is 10.0 Å². The predicted octanol–water partition coefficient (Wildman–Crippen LogP) is 10.8. The summed E-state index contributed by atoms with van der Waals surface area (Å²) in [6.45, 7) is 0.191. The van der Waals surface area contributed by atoms with E-state index in [1.54, 1.807) is 86.0 Å². The zero-order chi connectivity index (χ0) is 42.0. The molecule has 6 rings (SSSR count). The molecule has 0 heterocycles. The average molecular weight is 876 g/mol. The van der Waals surface area contributed by atoms with Gasteiger partial charge in [-0.15, -0.1) is 0 Å². The van der Waals surface area contributed by atoms with Gasteiger partial charge in [0.25, 0.3) is 20.0 Å². The van der Waals surface area contributed by atoms with E-state index in [-0.39, 0.29) is 35.2 Å². The van der Waals surface area contributed by atoms with Crippen LogP contribution < -0.4 is 28.4 Å². The molecular weight excluding hydrogens is 839 g/mol. The molecule has 0 spiro atoms. The summed E-state index contributed by atoms with van der Waals surface area (Å²) in [4.78, 5) is 0. The van der Waals surface area contributed by atoms with Crippen molar-refractivity contribution in [3.05, 3.63) is 176 Å². The third-order valence-electron chi connectivity index (χ3n) is 8.50. The van der Waals surface area contributed by atoms with Crippen molar-refractivity contribution in [2.24, 2.45) is 0 Å². The number of halogens is 3. The van der Waals surface area contributed by atoms with Crippen LogP contribution in [-0.4, -0.2) is 31.1 Å². The number of methoxy groups -OCH3 is 2. The van der Waals surface area contributed by atoms with Gasteiger partial charge < -0.3 is 18.9 Å². The molecule has 0 saturated heterocycles. The molecule has 15 heteroatoms. The molecule has 0 saturated carbocycles. The van der Waals surface area contributed by atoms with Gasteiger partial charge in [-0.05, 0) is 95.1 Å². The van der Waals surface area contributed by atoms with Crippen molar-refractivity contribution < 1.29 is 40.2 Å². The molecule has 6 aromatic rings. The number of ether oxygens (including phenoxy) is 4. The van der Waals surface area contributed by atoms with E-state index in [1.165, 1.54) is 43.5 Å². The summed E-state index contributed by atoms with van der Waals surface area (Å²) in [5.74, 6) is 1.25. The fraction of sp³-hybridized carbons (Fsp3) is 0.0909. The van der Waals surface area contributed by atoms with Crippen LogP contribution in [0.5, 0.6) is 23.0 Å². The maximum Gasteiger partial charge on any atom is 0.255 e. The lowest BCUT2D eigenvalue weighted by atomic mass is 10.0. The Morgan fingerprint density at radius 2 is 1.22 bits per heavy atom. The van der Waals surface area contributed by atoms with Gasteiger partial charge in [0, 0.05) is 33.3 Å². The lowest BCUT2D eigenvalue weighted by Gasteiger charge is -2.13. The van der Waals surface area contributed by atoms with Gasteiger partial charge in [-0.25, -0.2) is 21.2 Å². The van der Waals surface area contributed by atoms with Crippen LogP contribution in [0.25, 0.3) is 23.3 Å². The predicted molar refractivity (Wildman–Crippen MR) is 233 cm³/mol. The summed E-state index contributed by atoms with van der Waals surface area (Å²) < 4.78 is 94.2. The molecule has 0 amide bonds. The molecule has 2 N–H and O–H groups in total. The normalized spacial score (nSPS) is 11.7. The Morgan fingerprint density at radius 3 is 1.92 bits per heavy atom. The maximum absolute atomic E-state index is 15.4. The Bertz CT molecular complexity index is 2750. The second-order valence-corrected chi connectivity index (χ2v) is 16.8. The first-order valence-electron chi connectivity index (χ1n) is 17.7. The van der Waals surface area contributed by atoms with Gasteiger partial charge in [-0.3, -0.25) is 9.44 Å². The summed E-state index contributed by atoms with van der Waals surface area (Å²) in [7, 11) is -4.76. The summed E-state index contributed by atoms with van der Waals surface area (Å²) in [5, 5.41) is 2.73. The van der Waals surface area contributed by atoms with Gasteiger partial charge in [-0.2, -0.15) is 0 Å². The molecule has 0 radical (unpaired) electrons. The molecule has 0 aliphatic carbocycles. The number of sulfonamides is 2. The minimum Gasteiger partial charge on any atom is -0.497 e. The van der Waals surface area contributed by atoms with Gasteiger partial charge in [0.05, 0.1) is 36.4 Å². The summed E-state index contributed by atoms with van der Waals surface area (Å²) in [6, 6.07) is 34.5. The van der Waals surface area contributed by atoms with Crippen molar-refractivity contribution in [3.8, 4) is 34.1 Å². The van der Waals surface area contributed by atoms with Crippen molar-refractivity contribution in [2.75, 3.05) is 23.7 Å². The molecule has 59 heavy (non-hydrogen) atoms. The Balaban J connectivity index is 1.06. The molecule has 10 nitrogen and oxygen atoms in total. The van der Waals surface area contributed by atoms with Gasteiger partial charge in [0.15, 0.2) is 11.5 Å². The molecule has 6 aromatic carbocycles. The van der Waals surface area contributed by atoms with Gasteiger partial charge >= 0.3 is 0 Å². The minimum absolute atomic E-state index is 0.00373. The number of hydrogen-bond donors (Lipinski definition) is 2. The third kappa shape index (κ3) is 12.3. The van der Waals surface area contributed by atoms with E-state index in [9.17, 15) is 16.8 Å². The van der Waals surface area contributed by atoms with Gasteiger partial charge in [0.2, 0.25) is 0 Å². The SMILES string of the molecule is COc1cccc(COc2cc(NS(=O)(=O)C=Cc3ccc(-c4ccc(COc5cccc(NS(=O)(=O)C=Cc6cccc(Cl)c6)c5)cc4F)c(Cl)c3)ccc2OC)c1. The highest BCUT2D eigenvalue weighted by Crippen LogP contribution is 2.34. The van der Waals surface area contributed by atoms with Crippen LogP contribution in [0, 0.1) is 5.82 Å². The van der Waals surface area contributed by atoms with Crippen molar-refractivity contribution in [2.45, 2.75) is 13.2 Å². The van der Waals surface area contributed by atoms with Crippen LogP contribution in [-0.2, 0) is 33.3 Å². The molecule has 0 fully saturated rings. The number of hydrogen-bond acceptors (Lipinski definition) is 8. The van der Waals surface area contributed by atoms with E-state index >= 15 is 4.39 Å². The van der Waals surface area contributed by atoms with Crippen molar-refractivity contribution in [1.82, 2.24) is 0 Å². The Kier molecular flexibility index (Phi) is 13.8. The molecule has 0 unspecified atom stereocenters. The topological polar surface area (TPSA) is 129 Å². The van der Waals surface area contributed by atoms with Crippen LogP contribution in [0.3, 0.4) is 0 Å². The lowest BCUT2D eigenvalue weighted by Crippen LogP contribution is -2.09. The molecule has 304 valence electrons. The van der Waals surface area contributed by atoms with Gasteiger partial charge in [0.1, 0.15) is 30.5 Å². The van der Waals surface area contributed by atoms with Crippen LogP contribution >= 0.6 is 23.2 Å². The smallest absolute Gasteiger partial charge is 0.255 e. The first kappa shape index (κ1) is 42.6. The van der Waals surface area contributed by atoms with E-state index in [0.717, 1.165) is 16.4 Å². The highest BCUT2D eigenvalue weighted by atomic mass is 35.5. The zero-order valence-corrected chi connectivity index (χ0v) is 34.7. The average Bonchev–Trinajstić information content (AvgIpc) is 3.21. The Labute approximate surface area is 352 Å². The first-order chi connectivity index (χ1) is 28.3. The largest absolute Gasteiger partial charge is 0.497 e. The van der Waals surface area contributed by atoms with Crippen molar-refractivity contribution in [1.29, 1.82) is 0 Å². The molecule has 0 aromatic heterocycles. The van der Waals surface area contributed by atoms with Crippen molar-refractivity contribution >= 4 is 66.8 Å². The minimum atomic E-state index is -3.98. The fourth-order valence-corrected chi connectivity index (χ4v) is 7.86. The number of nitrogens with one attached hydrogen (secondary N) is 2. The van der Waals surface area contributed by atoms with E-state index in [4.69, 9.17) is 42.1 Å². The molecular formula is C44H37Cl2FN2O8S2. The molecule has 0 aliphatic heterocycles. The second-order valence-electron chi connectivity index (χ2n) is 12.8. The highest BCUT2D eigenvalue weighted by molar-refractivity contribution is 7.96. The molecule has 0 atom stereocenters. The molecule has 0 bridgehead atoms. The van der Waals surface area contributed by atoms with Gasteiger partial charge in [-0.1, -0.05) is 77.8 Å². The fourth-order valence-electron chi connectivity index (χ4n) is 5.66. The molecule has 0 aliphatic rings. The number of benzene rings is 6. The van der Waals surface area contributed by atoms with Crippen molar-refractivity contribution in [3.63, 3.8) is 0 Å². The standard InChI is InChI=1S/C44H37Cl2FN2O8S2/c1-54-37-10-4-7-32(23-37)29-57-44-27-36(14-17-43(44)55-2)49-59(52,53)21-19-31-12-15-39(41(46)24-31)40-16-13-33(25-42(40)47)28-56-38-11-5-9-35(26-38)48-58(50,51)20-18-30-6-3-8-34(45)22-30/h3-27,48-49H,28-29H2,1-2H3. The zero-order valence-electron chi connectivity index (χ0n) is 31.6. The summed E-state index contributed by atoms with van der Waals surface area (Å²) in [5.41, 5.74) is 3.62. The lowest BCUT2D eigenvalue weighted by molar-refractivity contribution is 0.284. The van der Waals surface area contributed by atoms with Crippen LogP contribution in [0.4, 0.5) is 15.8 Å². The highest BCUT2D eigenvalue weighted by Gasteiger charge is 2.14. The third-order valence-corrected chi connectivity index (χ3v) is 11.1. The second kappa shape index (κ2) is 19.2. The Hall–Kier alpha value is -5.99. The number of anilines is 2. The van der Waals surface area contributed by atoms with Crippen LogP contribution in [0.1, 0.15) is 22.3 Å². The number of rotatable bonds is 17. The summed E-state index contributed by atoms with van der Waals surface area (Å²) >= 11 is 12.5.